The van der Waals surface area contributed by atoms with Gasteiger partial charge in [-0.2, -0.15) is 0 Å². The Balaban J connectivity index is 3.22. The minimum absolute atomic E-state index is 0.00707. The van der Waals surface area contributed by atoms with E-state index in [4.69, 9.17) is 10.8 Å². The Kier molecular flexibility index (Phi) is 5.09. The van der Waals surface area contributed by atoms with E-state index in [2.05, 4.69) is 0 Å². The van der Waals surface area contributed by atoms with Gasteiger partial charge in [-0.05, 0) is 23.5 Å². The zero-order chi connectivity index (χ0) is 14.6. The van der Waals surface area contributed by atoms with Gasteiger partial charge in [-0.25, -0.2) is 0 Å². The van der Waals surface area contributed by atoms with Crippen molar-refractivity contribution < 1.29 is 15.0 Å². The fourth-order valence-corrected chi connectivity index (χ4v) is 2.60. The maximum absolute atomic E-state index is 11.7. The van der Waals surface area contributed by atoms with Gasteiger partial charge in [0.2, 0.25) is 0 Å². The van der Waals surface area contributed by atoms with Crippen molar-refractivity contribution in [3.8, 4) is 0 Å². The number of carboxylic acid groups (broad SMARTS) is 1. The largest absolute Gasteiger partial charge is 0.481 e. The van der Waals surface area contributed by atoms with Crippen molar-refractivity contribution >= 4 is 5.97 Å². The predicted molar refractivity (Wildman–Crippen MR) is 74.9 cm³/mol. The van der Waals surface area contributed by atoms with Crippen LogP contribution < -0.4 is 5.73 Å². The van der Waals surface area contributed by atoms with Crippen LogP contribution in [0, 0.1) is 5.92 Å². The molecule has 1 unspecified atom stereocenters. The number of carbonyl (C=O) groups is 1. The van der Waals surface area contributed by atoms with Crippen LogP contribution in [0.1, 0.15) is 44.4 Å². The molecule has 0 spiro atoms. The molecule has 0 saturated heterocycles. The molecule has 4 N–H and O–H groups in total. The molecule has 0 saturated carbocycles. The summed E-state index contributed by atoms with van der Waals surface area (Å²) in [7, 11) is 0. The number of aliphatic hydroxyl groups excluding tert-OH is 1. The number of hydrogen-bond donors (Lipinski definition) is 3. The Hall–Kier alpha value is -1.39. The van der Waals surface area contributed by atoms with Gasteiger partial charge in [0.25, 0.3) is 0 Å². The van der Waals surface area contributed by atoms with E-state index in [1.807, 2.05) is 32.9 Å². The molecule has 0 radical (unpaired) electrons. The van der Waals surface area contributed by atoms with Crippen molar-refractivity contribution in [1.82, 2.24) is 0 Å². The van der Waals surface area contributed by atoms with Gasteiger partial charge in [-0.15, -0.1) is 0 Å². The van der Waals surface area contributed by atoms with Crippen LogP contribution in [0.2, 0.25) is 0 Å². The molecule has 4 nitrogen and oxygen atoms in total. The van der Waals surface area contributed by atoms with Gasteiger partial charge in [-0.3, -0.25) is 4.79 Å². The summed E-state index contributed by atoms with van der Waals surface area (Å²) < 4.78 is 0. The van der Waals surface area contributed by atoms with E-state index in [1.54, 1.807) is 12.1 Å². The van der Waals surface area contributed by atoms with E-state index in [0.717, 1.165) is 11.1 Å². The van der Waals surface area contributed by atoms with Crippen LogP contribution in [0.3, 0.4) is 0 Å². The van der Waals surface area contributed by atoms with E-state index in [-0.39, 0.29) is 12.5 Å². The van der Waals surface area contributed by atoms with Crippen LogP contribution in [0.15, 0.2) is 24.3 Å². The molecule has 19 heavy (non-hydrogen) atoms. The second-order valence-corrected chi connectivity index (χ2v) is 5.20. The molecule has 0 bridgehead atoms. The molecule has 2 atom stereocenters. The SMILES string of the molecule is CCC(C(=O)O)(c1ccc([C@H](N)CO)cc1)C(C)C. The number of nitrogens with two attached hydrogens (primary N) is 1. The minimum atomic E-state index is -0.873. The normalized spacial score (nSPS) is 16.1. The van der Waals surface area contributed by atoms with E-state index in [0.29, 0.717) is 6.42 Å². The summed E-state index contributed by atoms with van der Waals surface area (Å²) in [4.78, 5) is 11.7. The Morgan fingerprint density at radius 2 is 1.84 bits per heavy atom. The number of aliphatic hydroxyl groups is 1. The van der Waals surface area contributed by atoms with Gasteiger partial charge >= 0.3 is 5.97 Å². The number of carboxylic acids is 1. The molecule has 0 fully saturated rings. The van der Waals surface area contributed by atoms with Gasteiger partial charge in [0.05, 0.1) is 18.1 Å². The van der Waals surface area contributed by atoms with Crippen molar-refractivity contribution in [3.63, 3.8) is 0 Å². The summed E-state index contributed by atoms with van der Waals surface area (Å²) >= 11 is 0. The third-order valence-corrected chi connectivity index (χ3v) is 3.98. The molecule has 0 heterocycles. The number of rotatable bonds is 6. The van der Waals surface area contributed by atoms with Crippen LogP contribution in [-0.4, -0.2) is 22.8 Å². The molecule has 0 aromatic heterocycles. The summed E-state index contributed by atoms with van der Waals surface area (Å²) in [6.07, 6.45) is 0.533. The number of aliphatic carboxylic acids is 1. The first kappa shape index (κ1) is 15.7. The zero-order valence-electron chi connectivity index (χ0n) is 11.8. The van der Waals surface area contributed by atoms with Gasteiger partial charge in [0.15, 0.2) is 0 Å². The first-order valence-electron chi connectivity index (χ1n) is 6.60. The molecule has 4 heteroatoms. The fraction of sp³-hybridized carbons (Fsp3) is 0.533. The summed E-state index contributed by atoms with van der Waals surface area (Å²) in [5.41, 5.74) is 6.46. The molecule has 0 aliphatic carbocycles. The maximum Gasteiger partial charge on any atom is 0.314 e. The minimum Gasteiger partial charge on any atom is -0.481 e. The number of benzene rings is 1. The van der Waals surface area contributed by atoms with Crippen molar-refractivity contribution in [2.24, 2.45) is 11.7 Å². The Labute approximate surface area is 114 Å². The average Bonchev–Trinajstić information content (AvgIpc) is 2.39. The molecule has 0 aliphatic rings. The zero-order valence-corrected chi connectivity index (χ0v) is 11.8. The summed E-state index contributed by atoms with van der Waals surface area (Å²) in [5.74, 6) is -0.809. The van der Waals surface area contributed by atoms with Gasteiger partial charge < -0.3 is 15.9 Å². The van der Waals surface area contributed by atoms with Gasteiger partial charge in [0.1, 0.15) is 0 Å². The lowest BCUT2D eigenvalue weighted by molar-refractivity contribution is -0.146. The Morgan fingerprint density at radius 3 is 2.16 bits per heavy atom. The molecule has 106 valence electrons. The lowest BCUT2D eigenvalue weighted by Crippen LogP contribution is -2.40. The van der Waals surface area contributed by atoms with Crippen LogP contribution in [0.25, 0.3) is 0 Å². The van der Waals surface area contributed by atoms with Gasteiger partial charge in [-0.1, -0.05) is 45.0 Å². The highest BCUT2D eigenvalue weighted by Crippen LogP contribution is 2.36. The van der Waals surface area contributed by atoms with Crippen molar-refractivity contribution in [1.29, 1.82) is 0 Å². The Morgan fingerprint density at radius 1 is 1.32 bits per heavy atom. The highest BCUT2D eigenvalue weighted by molar-refractivity contribution is 5.81. The van der Waals surface area contributed by atoms with E-state index in [9.17, 15) is 9.90 Å². The molecule has 1 aromatic carbocycles. The van der Waals surface area contributed by atoms with Crippen LogP contribution in [0.5, 0.6) is 0 Å². The average molecular weight is 265 g/mol. The highest BCUT2D eigenvalue weighted by Gasteiger charge is 2.41. The van der Waals surface area contributed by atoms with E-state index >= 15 is 0 Å². The quantitative estimate of drug-likeness (QED) is 0.735. The molecule has 0 amide bonds. The molecule has 1 aromatic rings. The van der Waals surface area contributed by atoms with Crippen LogP contribution >= 0.6 is 0 Å². The smallest absolute Gasteiger partial charge is 0.314 e. The second kappa shape index (κ2) is 6.17. The Bertz CT molecular complexity index is 428. The molecular formula is C15H23NO3. The first-order valence-corrected chi connectivity index (χ1v) is 6.60. The van der Waals surface area contributed by atoms with Gasteiger partial charge in [0, 0.05) is 0 Å². The standard InChI is InChI=1S/C15H23NO3/c1-4-15(10(2)3,14(18)19)12-7-5-11(6-8-12)13(16)9-17/h5-8,10,13,17H,4,9,16H2,1-3H3,(H,18,19)/t13-,15?/m1/s1. The van der Waals surface area contributed by atoms with Crippen LogP contribution in [0.4, 0.5) is 0 Å². The lowest BCUT2D eigenvalue weighted by atomic mass is 9.69. The topological polar surface area (TPSA) is 83.5 Å². The molecule has 1 rings (SSSR count). The summed E-state index contributed by atoms with van der Waals surface area (Å²) in [6.45, 7) is 5.61. The highest BCUT2D eigenvalue weighted by atomic mass is 16.4. The van der Waals surface area contributed by atoms with Crippen LogP contribution in [-0.2, 0) is 10.2 Å². The van der Waals surface area contributed by atoms with Crippen molar-refractivity contribution in [3.05, 3.63) is 35.4 Å². The van der Waals surface area contributed by atoms with Crippen molar-refractivity contribution in [2.75, 3.05) is 6.61 Å². The summed E-state index contributed by atoms with van der Waals surface area (Å²) in [5, 5.41) is 18.6. The first-order chi connectivity index (χ1) is 8.90. The summed E-state index contributed by atoms with van der Waals surface area (Å²) in [6, 6.07) is 6.79. The fourth-order valence-electron chi connectivity index (χ4n) is 2.60. The van der Waals surface area contributed by atoms with E-state index in [1.165, 1.54) is 0 Å². The monoisotopic (exact) mass is 265 g/mol. The molecule has 0 aliphatic heterocycles. The maximum atomic E-state index is 11.7. The number of hydrogen-bond acceptors (Lipinski definition) is 3. The van der Waals surface area contributed by atoms with Crippen molar-refractivity contribution in [2.45, 2.75) is 38.6 Å². The lowest BCUT2D eigenvalue weighted by Gasteiger charge is -2.33. The van der Waals surface area contributed by atoms with E-state index < -0.39 is 17.4 Å². The predicted octanol–water partition coefficient (Wildman–Crippen LogP) is 2.07. The second-order valence-electron chi connectivity index (χ2n) is 5.20. The molecular weight excluding hydrogens is 242 g/mol. The third kappa shape index (κ3) is 2.80. The third-order valence-electron chi connectivity index (χ3n) is 3.98.